The highest BCUT2D eigenvalue weighted by molar-refractivity contribution is 5.78. The number of urea groups is 1. The molecular weight excluding hydrogens is 368 g/mol. The van der Waals surface area contributed by atoms with Crippen LogP contribution in [0.15, 0.2) is 42.9 Å². The number of hydrogen-bond acceptors (Lipinski definition) is 5. The number of carbonyl (C=O) groups excluding carboxylic acids is 1. The van der Waals surface area contributed by atoms with Crippen molar-refractivity contribution in [2.75, 3.05) is 13.1 Å². The van der Waals surface area contributed by atoms with Gasteiger partial charge in [-0.1, -0.05) is 18.2 Å². The lowest BCUT2D eigenvalue weighted by Crippen LogP contribution is -2.48. The number of para-hydroxylation sites is 1. The van der Waals surface area contributed by atoms with Crippen molar-refractivity contribution in [3.8, 4) is 0 Å². The Morgan fingerprint density at radius 3 is 2.83 bits per heavy atom. The van der Waals surface area contributed by atoms with E-state index in [0.29, 0.717) is 19.1 Å². The molecule has 1 fully saturated rings. The molecule has 0 saturated carbocycles. The molecular formula is C21H26N6O2. The number of aryl methyl sites for hydroxylation is 1. The van der Waals surface area contributed by atoms with Gasteiger partial charge in [0.15, 0.2) is 0 Å². The molecule has 4 rings (SSSR count). The van der Waals surface area contributed by atoms with Crippen LogP contribution in [0.4, 0.5) is 4.79 Å². The summed E-state index contributed by atoms with van der Waals surface area (Å²) in [5, 5.41) is 8.89. The highest BCUT2D eigenvalue weighted by Crippen LogP contribution is 2.24. The fourth-order valence-corrected chi connectivity index (χ4v) is 4.07. The average molecular weight is 394 g/mol. The number of hydrogen-bond donors (Lipinski definition) is 3. The molecule has 3 N–H and O–H groups in total. The predicted molar refractivity (Wildman–Crippen MR) is 109 cm³/mol. The minimum absolute atomic E-state index is 0.313. The lowest BCUT2D eigenvalue weighted by molar-refractivity contribution is 0.0860. The molecule has 0 aliphatic carbocycles. The van der Waals surface area contributed by atoms with Crippen LogP contribution in [0.1, 0.15) is 29.7 Å². The van der Waals surface area contributed by atoms with E-state index in [4.69, 9.17) is 5.21 Å². The van der Waals surface area contributed by atoms with Crippen molar-refractivity contribution in [2.24, 2.45) is 0 Å². The molecule has 0 radical (unpaired) electrons. The highest BCUT2D eigenvalue weighted by Gasteiger charge is 2.28. The molecule has 152 valence electrons. The summed E-state index contributed by atoms with van der Waals surface area (Å²) in [6.45, 7) is 4.81. The average Bonchev–Trinajstić information content (AvgIpc) is 3.24. The molecule has 3 aromatic rings. The lowest BCUT2D eigenvalue weighted by atomic mass is 10.0. The molecule has 3 heterocycles. The zero-order valence-electron chi connectivity index (χ0n) is 16.5. The van der Waals surface area contributed by atoms with Crippen LogP contribution in [0, 0.1) is 6.92 Å². The molecule has 1 aliphatic heterocycles. The van der Waals surface area contributed by atoms with E-state index < -0.39 is 6.03 Å². The Labute approximate surface area is 169 Å². The standard InChI is InChI=1S/C21H26N6O2/c1-15-4-3-9-22-19(15)13-27(17-7-10-26(11-8-17)21(28)25-29)12-16-5-2-6-18-20(16)24-14-23-18/h2-6,9,14,17,29H,7-8,10-13H2,1H3,(H,23,24)(H,25,28). The Morgan fingerprint density at radius 1 is 1.24 bits per heavy atom. The van der Waals surface area contributed by atoms with E-state index in [1.165, 1.54) is 11.1 Å². The first-order valence-corrected chi connectivity index (χ1v) is 9.90. The number of nitrogens with zero attached hydrogens (tertiary/aromatic N) is 4. The number of nitrogens with one attached hydrogen (secondary N) is 2. The van der Waals surface area contributed by atoms with Crippen LogP contribution < -0.4 is 5.48 Å². The smallest absolute Gasteiger partial charge is 0.341 e. The van der Waals surface area contributed by atoms with Gasteiger partial charge in [-0.25, -0.2) is 15.3 Å². The van der Waals surface area contributed by atoms with Crippen molar-refractivity contribution < 1.29 is 10.0 Å². The van der Waals surface area contributed by atoms with Crippen LogP contribution in [0.3, 0.4) is 0 Å². The number of H-pyrrole nitrogens is 1. The second-order valence-corrected chi connectivity index (χ2v) is 7.52. The number of hydroxylamine groups is 1. The minimum Gasteiger partial charge on any atom is -0.345 e. The van der Waals surface area contributed by atoms with Crippen molar-refractivity contribution in [1.29, 1.82) is 0 Å². The van der Waals surface area contributed by atoms with Gasteiger partial charge in [0, 0.05) is 38.4 Å². The van der Waals surface area contributed by atoms with Gasteiger partial charge in [0.25, 0.3) is 0 Å². The van der Waals surface area contributed by atoms with E-state index in [9.17, 15) is 4.79 Å². The van der Waals surface area contributed by atoms with Gasteiger partial charge in [-0.3, -0.25) is 15.1 Å². The number of imidazole rings is 1. The normalized spacial score (nSPS) is 15.2. The maximum atomic E-state index is 11.7. The second-order valence-electron chi connectivity index (χ2n) is 7.52. The van der Waals surface area contributed by atoms with Gasteiger partial charge in [-0.15, -0.1) is 0 Å². The number of rotatable bonds is 5. The van der Waals surface area contributed by atoms with Crippen LogP contribution in [-0.4, -0.2) is 55.1 Å². The van der Waals surface area contributed by atoms with E-state index >= 15 is 0 Å². The Balaban J connectivity index is 1.57. The van der Waals surface area contributed by atoms with Gasteiger partial charge in [0.05, 0.1) is 23.1 Å². The molecule has 1 saturated heterocycles. The number of benzene rings is 1. The van der Waals surface area contributed by atoms with E-state index in [-0.39, 0.29) is 0 Å². The van der Waals surface area contributed by atoms with Gasteiger partial charge >= 0.3 is 6.03 Å². The fraction of sp³-hybridized carbons (Fsp3) is 0.381. The van der Waals surface area contributed by atoms with E-state index in [1.54, 1.807) is 16.7 Å². The topological polar surface area (TPSA) is 97.4 Å². The zero-order valence-corrected chi connectivity index (χ0v) is 16.5. The van der Waals surface area contributed by atoms with Gasteiger partial charge in [0.1, 0.15) is 0 Å². The zero-order chi connectivity index (χ0) is 20.2. The number of likely N-dealkylation sites (tertiary alicyclic amines) is 1. The number of pyridine rings is 1. The van der Waals surface area contributed by atoms with Crippen molar-refractivity contribution in [1.82, 2.24) is 30.2 Å². The summed E-state index contributed by atoms with van der Waals surface area (Å²) in [5.74, 6) is 0. The summed E-state index contributed by atoms with van der Waals surface area (Å²) in [7, 11) is 0. The third-order valence-electron chi connectivity index (χ3n) is 5.74. The largest absolute Gasteiger partial charge is 0.345 e. The Morgan fingerprint density at radius 2 is 2.07 bits per heavy atom. The van der Waals surface area contributed by atoms with E-state index in [1.807, 2.05) is 24.4 Å². The monoisotopic (exact) mass is 394 g/mol. The molecule has 0 bridgehead atoms. The first-order chi connectivity index (χ1) is 14.2. The first kappa shape index (κ1) is 19.4. The molecule has 29 heavy (non-hydrogen) atoms. The molecule has 0 unspecified atom stereocenters. The number of amides is 2. The van der Waals surface area contributed by atoms with Crippen LogP contribution in [0.25, 0.3) is 11.0 Å². The second kappa shape index (κ2) is 8.59. The third-order valence-corrected chi connectivity index (χ3v) is 5.74. The maximum absolute atomic E-state index is 11.7. The number of aromatic nitrogens is 3. The van der Waals surface area contributed by atoms with Crippen molar-refractivity contribution in [3.05, 3.63) is 59.7 Å². The van der Waals surface area contributed by atoms with Crippen molar-refractivity contribution in [3.63, 3.8) is 0 Å². The molecule has 1 aromatic carbocycles. The summed E-state index contributed by atoms with van der Waals surface area (Å²) in [6.07, 6.45) is 5.25. The van der Waals surface area contributed by atoms with Gasteiger partial charge in [-0.05, 0) is 43.0 Å². The van der Waals surface area contributed by atoms with E-state index in [0.717, 1.165) is 42.7 Å². The molecule has 1 aliphatic rings. The van der Waals surface area contributed by atoms with Crippen LogP contribution in [0.5, 0.6) is 0 Å². The Kier molecular flexibility index (Phi) is 5.73. The van der Waals surface area contributed by atoms with E-state index in [2.05, 4.69) is 38.9 Å². The molecule has 2 aromatic heterocycles. The van der Waals surface area contributed by atoms with Crippen LogP contribution in [-0.2, 0) is 13.1 Å². The van der Waals surface area contributed by atoms with Gasteiger partial charge < -0.3 is 9.88 Å². The molecule has 0 atom stereocenters. The van der Waals surface area contributed by atoms with Gasteiger partial charge in [-0.2, -0.15) is 0 Å². The van der Waals surface area contributed by atoms with Crippen LogP contribution >= 0.6 is 0 Å². The number of fused-ring (bicyclic) bond motifs is 1. The molecule has 8 heteroatoms. The fourth-order valence-electron chi connectivity index (χ4n) is 4.07. The van der Waals surface area contributed by atoms with Crippen molar-refractivity contribution in [2.45, 2.75) is 38.9 Å². The van der Waals surface area contributed by atoms with Crippen LogP contribution in [0.2, 0.25) is 0 Å². The van der Waals surface area contributed by atoms with Gasteiger partial charge in [0.2, 0.25) is 0 Å². The predicted octanol–water partition coefficient (Wildman–Crippen LogP) is 2.83. The SMILES string of the molecule is Cc1cccnc1CN(Cc1cccc2[nH]cnc12)C1CCN(C(=O)NO)CC1. The number of aromatic amines is 1. The lowest BCUT2D eigenvalue weighted by Gasteiger charge is -2.38. The molecule has 8 nitrogen and oxygen atoms in total. The summed E-state index contributed by atoms with van der Waals surface area (Å²) >= 11 is 0. The Hall–Kier alpha value is -2.97. The molecule has 2 amide bonds. The summed E-state index contributed by atoms with van der Waals surface area (Å²) in [6, 6.07) is 10.1. The summed E-state index contributed by atoms with van der Waals surface area (Å²) < 4.78 is 0. The summed E-state index contributed by atoms with van der Waals surface area (Å²) in [4.78, 5) is 28.1. The van der Waals surface area contributed by atoms with Crippen molar-refractivity contribution >= 4 is 17.1 Å². The first-order valence-electron chi connectivity index (χ1n) is 9.90. The minimum atomic E-state index is -0.433. The molecule has 0 spiro atoms. The number of carbonyl (C=O) groups is 1. The Bertz CT molecular complexity index is 980. The number of piperidine rings is 1. The highest BCUT2D eigenvalue weighted by atomic mass is 16.5. The quantitative estimate of drug-likeness (QED) is 0.457. The maximum Gasteiger partial charge on any atom is 0.341 e. The third kappa shape index (κ3) is 4.23. The summed E-state index contributed by atoms with van der Waals surface area (Å²) in [5.41, 5.74) is 7.18.